The third-order valence-corrected chi connectivity index (χ3v) is 5.97. The highest BCUT2D eigenvalue weighted by atomic mass is 19.1. The van der Waals surface area contributed by atoms with E-state index in [1.807, 2.05) is 25.1 Å². The lowest BCUT2D eigenvalue weighted by molar-refractivity contribution is -0.0334. The summed E-state index contributed by atoms with van der Waals surface area (Å²) in [5.74, 6) is 0.0587. The van der Waals surface area contributed by atoms with Crippen LogP contribution in [0, 0.1) is 23.1 Å². The van der Waals surface area contributed by atoms with Gasteiger partial charge in [-0.15, -0.1) is 0 Å². The van der Waals surface area contributed by atoms with Gasteiger partial charge in [0.15, 0.2) is 0 Å². The molecule has 4 rings (SSSR count). The van der Waals surface area contributed by atoms with E-state index in [0.717, 1.165) is 31.3 Å². The van der Waals surface area contributed by atoms with Crippen molar-refractivity contribution in [2.75, 3.05) is 25.5 Å². The first-order valence-corrected chi connectivity index (χ1v) is 10.0. The largest absolute Gasteiger partial charge is 0.384 e. The van der Waals surface area contributed by atoms with Crippen molar-refractivity contribution in [1.29, 1.82) is 5.26 Å². The van der Waals surface area contributed by atoms with E-state index in [4.69, 9.17) is 10.2 Å². The molecular weight excluding hydrogens is 381 g/mol. The Morgan fingerprint density at radius 3 is 2.70 bits per heavy atom. The van der Waals surface area contributed by atoms with Crippen LogP contribution in [-0.4, -0.2) is 40.1 Å². The van der Waals surface area contributed by atoms with E-state index in [9.17, 15) is 9.50 Å². The third-order valence-electron chi connectivity index (χ3n) is 5.97. The van der Waals surface area contributed by atoms with Gasteiger partial charge in [-0.1, -0.05) is 0 Å². The van der Waals surface area contributed by atoms with Crippen LogP contribution in [0.15, 0.2) is 42.6 Å². The molecule has 0 spiro atoms. The van der Waals surface area contributed by atoms with Gasteiger partial charge >= 0.3 is 0 Å². The van der Waals surface area contributed by atoms with Gasteiger partial charge in [0, 0.05) is 17.6 Å². The number of hydrogen-bond acceptors (Lipinski definition) is 6. The van der Waals surface area contributed by atoms with Crippen LogP contribution in [-0.2, 0) is 5.60 Å². The van der Waals surface area contributed by atoms with Gasteiger partial charge in [0.2, 0.25) is 0 Å². The maximum atomic E-state index is 14.2. The number of fused-ring (bicyclic) bond motifs is 1. The number of nitrogens with zero attached hydrogens (tertiary/aromatic N) is 4. The molecule has 3 aromatic rings. The lowest BCUT2D eigenvalue weighted by Gasteiger charge is -2.38. The molecule has 0 saturated carbocycles. The molecule has 0 unspecified atom stereocenters. The Kier molecular flexibility index (Phi) is 5.37. The molecule has 2 aromatic heterocycles. The lowest BCUT2D eigenvalue weighted by Crippen LogP contribution is -2.41. The van der Waals surface area contributed by atoms with Crippen LogP contribution in [0.4, 0.5) is 15.9 Å². The van der Waals surface area contributed by atoms with E-state index in [-0.39, 0.29) is 17.2 Å². The molecule has 1 aliphatic heterocycles. The number of rotatable bonds is 4. The standard InChI is InChI=1S/C23H24FN5O/c1-23(30,17-7-9-29(2)10-8-17)21-6-4-16-14-26-22(12-20(16)27-21)28-19-5-3-15(13-25)11-18(19)24/h3-6,11-12,14,17,30H,7-10H2,1-2H3,(H,26,28)/t23-/m1/s1. The molecule has 1 aromatic carbocycles. The summed E-state index contributed by atoms with van der Waals surface area (Å²) in [4.78, 5) is 11.3. The van der Waals surface area contributed by atoms with E-state index < -0.39 is 11.4 Å². The minimum Gasteiger partial charge on any atom is -0.384 e. The molecule has 7 heteroatoms. The van der Waals surface area contributed by atoms with Crippen molar-refractivity contribution < 1.29 is 9.50 Å². The molecule has 30 heavy (non-hydrogen) atoms. The van der Waals surface area contributed by atoms with Crippen molar-refractivity contribution in [3.05, 3.63) is 59.7 Å². The average Bonchev–Trinajstić information content (AvgIpc) is 2.75. The molecule has 154 valence electrons. The highest BCUT2D eigenvalue weighted by Gasteiger charge is 2.36. The van der Waals surface area contributed by atoms with E-state index in [2.05, 4.69) is 22.2 Å². The fourth-order valence-electron chi connectivity index (χ4n) is 3.97. The first kappa shape index (κ1) is 20.2. The van der Waals surface area contributed by atoms with Crippen LogP contribution < -0.4 is 5.32 Å². The first-order valence-electron chi connectivity index (χ1n) is 10.0. The molecule has 2 N–H and O–H groups in total. The number of benzene rings is 1. The molecule has 0 radical (unpaired) electrons. The predicted molar refractivity (Wildman–Crippen MR) is 114 cm³/mol. The summed E-state index contributed by atoms with van der Waals surface area (Å²) in [5.41, 5.74) is 0.770. The van der Waals surface area contributed by atoms with Crippen molar-refractivity contribution in [3.8, 4) is 6.07 Å². The van der Waals surface area contributed by atoms with Crippen LogP contribution in [0.1, 0.15) is 31.0 Å². The number of halogens is 1. The Balaban J connectivity index is 1.62. The van der Waals surface area contributed by atoms with Crippen molar-refractivity contribution in [3.63, 3.8) is 0 Å². The van der Waals surface area contributed by atoms with Crippen LogP contribution in [0.2, 0.25) is 0 Å². The minimum absolute atomic E-state index is 0.144. The fourth-order valence-corrected chi connectivity index (χ4v) is 3.97. The van der Waals surface area contributed by atoms with E-state index in [1.54, 1.807) is 18.3 Å². The minimum atomic E-state index is -1.02. The number of aliphatic hydroxyl groups is 1. The molecule has 1 aliphatic rings. The Bertz CT molecular complexity index is 1120. The maximum Gasteiger partial charge on any atom is 0.147 e. The molecule has 1 saturated heterocycles. The van der Waals surface area contributed by atoms with Gasteiger partial charge in [0.1, 0.15) is 17.2 Å². The first-order chi connectivity index (χ1) is 14.4. The van der Waals surface area contributed by atoms with Crippen molar-refractivity contribution in [2.24, 2.45) is 5.92 Å². The summed E-state index contributed by atoms with van der Waals surface area (Å²) in [6.45, 7) is 3.76. The maximum absolute atomic E-state index is 14.2. The SMILES string of the molecule is CN1CCC([C@@](C)(O)c2ccc3cnc(Nc4ccc(C#N)cc4F)cc3n2)CC1. The van der Waals surface area contributed by atoms with Crippen molar-refractivity contribution in [1.82, 2.24) is 14.9 Å². The highest BCUT2D eigenvalue weighted by Crippen LogP contribution is 2.36. The summed E-state index contributed by atoms with van der Waals surface area (Å²) in [6.07, 6.45) is 3.51. The summed E-state index contributed by atoms with van der Waals surface area (Å²) < 4.78 is 14.2. The smallest absolute Gasteiger partial charge is 0.147 e. The summed E-state index contributed by atoms with van der Waals surface area (Å²) in [5, 5.41) is 23.9. The molecule has 1 atom stereocenters. The Morgan fingerprint density at radius 1 is 1.23 bits per heavy atom. The Labute approximate surface area is 175 Å². The number of likely N-dealkylation sites (tertiary alicyclic amines) is 1. The molecule has 0 bridgehead atoms. The van der Waals surface area contributed by atoms with Gasteiger partial charge in [0.25, 0.3) is 0 Å². The summed E-state index contributed by atoms with van der Waals surface area (Å²) in [6, 6.07) is 11.6. The number of anilines is 2. The topological polar surface area (TPSA) is 85.1 Å². The second kappa shape index (κ2) is 7.98. The zero-order valence-corrected chi connectivity index (χ0v) is 17.1. The lowest BCUT2D eigenvalue weighted by atomic mass is 9.79. The number of nitrogens with one attached hydrogen (secondary N) is 1. The zero-order chi connectivity index (χ0) is 21.3. The van der Waals surface area contributed by atoms with Crippen molar-refractivity contribution >= 4 is 22.4 Å². The normalized spacial score (nSPS) is 17.4. The highest BCUT2D eigenvalue weighted by molar-refractivity contribution is 5.81. The second-order valence-electron chi connectivity index (χ2n) is 8.12. The van der Waals surface area contributed by atoms with Gasteiger partial charge in [-0.05, 0) is 76.2 Å². The molecule has 6 nitrogen and oxygen atoms in total. The average molecular weight is 405 g/mol. The number of aromatic nitrogens is 2. The van der Waals surface area contributed by atoms with Gasteiger partial charge in [-0.2, -0.15) is 5.26 Å². The van der Waals surface area contributed by atoms with Crippen LogP contribution in [0.3, 0.4) is 0 Å². The van der Waals surface area contributed by atoms with Gasteiger partial charge in [0.05, 0.1) is 28.5 Å². The quantitative estimate of drug-likeness (QED) is 0.684. The summed E-state index contributed by atoms with van der Waals surface area (Å²) >= 11 is 0. The molecular formula is C23H24FN5O. The summed E-state index contributed by atoms with van der Waals surface area (Å²) in [7, 11) is 2.09. The van der Waals surface area contributed by atoms with Gasteiger partial charge in [-0.25, -0.2) is 14.4 Å². The van der Waals surface area contributed by atoms with Crippen LogP contribution in [0.25, 0.3) is 10.9 Å². The number of pyridine rings is 2. The van der Waals surface area contributed by atoms with Crippen molar-refractivity contribution in [2.45, 2.75) is 25.4 Å². The fraction of sp³-hybridized carbons (Fsp3) is 0.348. The Morgan fingerprint density at radius 2 is 2.00 bits per heavy atom. The van der Waals surface area contributed by atoms with Gasteiger partial charge < -0.3 is 15.3 Å². The van der Waals surface area contributed by atoms with Gasteiger partial charge in [-0.3, -0.25) is 0 Å². The van der Waals surface area contributed by atoms with E-state index in [1.165, 1.54) is 12.1 Å². The van der Waals surface area contributed by atoms with E-state index in [0.29, 0.717) is 17.0 Å². The zero-order valence-electron chi connectivity index (χ0n) is 17.1. The second-order valence-corrected chi connectivity index (χ2v) is 8.12. The predicted octanol–water partition coefficient (Wildman–Crippen LogP) is 3.93. The molecule has 0 aliphatic carbocycles. The molecule has 1 fully saturated rings. The van der Waals surface area contributed by atoms with Crippen LogP contribution in [0.5, 0.6) is 0 Å². The third kappa shape index (κ3) is 3.97. The monoisotopic (exact) mass is 405 g/mol. The van der Waals surface area contributed by atoms with Crippen LogP contribution >= 0.6 is 0 Å². The molecule has 0 amide bonds. The number of nitriles is 1. The Hall–Kier alpha value is -3.08. The van der Waals surface area contributed by atoms with E-state index >= 15 is 0 Å². The number of piperidine rings is 1. The number of hydrogen-bond donors (Lipinski definition) is 2. The molecule has 3 heterocycles.